The van der Waals surface area contributed by atoms with Gasteiger partial charge in [-0.25, -0.2) is 9.97 Å². The minimum atomic E-state index is -0.0929. The van der Waals surface area contributed by atoms with Crippen LogP contribution in [-0.2, 0) is 21.7 Å². The molecule has 6 nitrogen and oxygen atoms in total. The first kappa shape index (κ1) is 47.7. The number of benzene rings is 8. The molecule has 0 aliphatic heterocycles. The maximum Gasteiger partial charge on any atom is 0.160 e. The van der Waals surface area contributed by atoms with Crippen LogP contribution in [0, 0.1) is 11.3 Å². The fraction of sp³-hybridized carbons (Fsp3) is 0.232. The average molecular weight is 978 g/mol. The molecule has 12 rings (SSSR count). The fourth-order valence-corrected chi connectivity index (χ4v) is 11.1. The highest BCUT2D eigenvalue weighted by Gasteiger charge is 2.30. The zero-order valence-electron chi connectivity index (χ0n) is 45.2. The molecule has 75 heavy (non-hydrogen) atoms. The molecule has 4 heterocycles. The lowest BCUT2D eigenvalue weighted by Gasteiger charge is -2.20. The molecular weight excluding hydrogens is 915 g/mol. The number of furan rings is 1. The Hall–Kier alpha value is -8.27. The Balaban J connectivity index is 1.25. The second-order valence-electron chi connectivity index (χ2n) is 24.7. The monoisotopic (exact) mass is 978 g/mol. The Labute approximate surface area is 439 Å². The Bertz CT molecular complexity index is 4120. The number of nitrogens with zero attached hydrogens (tertiary/aromatic N) is 5. The lowest BCUT2D eigenvalue weighted by atomic mass is 9.85. The molecule has 0 spiro atoms. The summed E-state index contributed by atoms with van der Waals surface area (Å²) >= 11 is 0. The number of rotatable bonds is 5. The maximum atomic E-state index is 12.1. The summed E-state index contributed by atoms with van der Waals surface area (Å²) < 4.78 is 12.1. The highest BCUT2D eigenvalue weighted by atomic mass is 16.3. The largest absolute Gasteiger partial charge is 0.455 e. The van der Waals surface area contributed by atoms with Crippen molar-refractivity contribution in [2.24, 2.45) is 0 Å². The van der Waals surface area contributed by atoms with Gasteiger partial charge in [-0.05, 0) is 105 Å². The van der Waals surface area contributed by atoms with Gasteiger partial charge in [0.15, 0.2) is 5.82 Å². The topological polar surface area (TPSA) is 72.6 Å². The lowest BCUT2D eigenvalue weighted by Crippen LogP contribution is -2.10. The van der Waals surface area contributed by atoms with Crippen LogP contribution in [0.5, 0.6) is 0 Å². The third-order valence-corrected chi connectivity index (χ3v) is 15.4. The van der Waals surface area contributed by atoms with Gasteiger partial charge in [0.1, 0.15) is 22.8 Å². The van der Waals surface area contributed by atoms with E-state index in [1.54, 1.807) is 0 Å². The van der Waals surface area contributed by atoms with Crippen LogP contribution in [0.3, 0.4) is 0 Å². The van der Waals surface area contributed by atoms with E-state index in [1.807, 2.05) is 36.4 Å². The van der Waals surface area contributed by atoms with Crippen molar-refractivity contribution in [2.45, 2.75) is 105 Å². The molecule has 0 saturated heterocycles. The molecule has 370 valence electrons. The summed E-state index contributed by atoms with van der Waals surface area (Å²) in [5, 5.41) is 18.5. The Morgan fingerprint density at radius 2 is 0.867 bits per heavy atom. The van der Waals surface area contributed by atoms with Crippen LogP contribution in [0.1, 0.15) is 111 Å². The standard InChI is InChI=1S/C69H63N5O/c1-66(2,3)43-26-30-56-49(34-43)50-35-44(67(4,5)6)27-31-57(50)73(56)60-39-61-62(63(53(60)40-70)74-58-32-28-45(68(7,8)9)36-51(58)52-37-46(69(10,11)12)29-33-59(52)74)48-25-19-24-47(64(48)75-61)55-38-54(41-20-15-13-16-21-41)71-65(72-55)42-22-17-14-18-23-42/h13-39H,1-12H3. The molecule has 0 radical (unpaired) electrons. The molecule has 0 amide bonds. The molecule has 12 aromatic rings. The smallest absolute Gasteiger partial charge is 0.160 e. The van der Waals surface area contributed by atoms with Gasteiger partial charge in [0.2, 0.25) is 0 Å². The molecule has 6 heteroatoms. The SMILES string of the molecule is CC(C)(C)c1ccc2c(c1)c1cc(C(C)(C)C)ccc1n2-c1cc2oc3c(-c4cc(-c5ccccc5)nc(-c5ccccc5)n4)cccc3c2c(-n2c3ccc(C(C)(C)C)cc3c3cc(C(C)(C)C)ccc32)c1C#N. The Kier molecular flexibility index (Phi) is 10.7. The summed E-state index contributed by atoms with van der Waals surface area (Å²) in [6.45, 7) is 27.2. The van der Waals surface area contributed by atoms with Gasteiger partial charge in [0.25, 0.3) is 0 Å². The lowest BCUT2D eigenvalue weighted by molar-refractivity contribution is 0.590. The molecule has 0 saturated carbocycles. The summed E-state index contributed by atoms with van der Waals surface area (Å²) in [6, 6.07) is 61.3. The second-order valence-corrected chi connectivity index (χ2v) is 24.7. The minimum Gasteiger partial charge on any atom is -0.455 e. The van der Waals surface area contributed by atoms with Crippen molar-refractivity contribution < 1.29 is 4.42 Å². The summed E-state index contributed by atoms with van der Waals surface area (Å²) in [4.78, 5) is 10.4. The van der Waals surface area contributed by atoms with E-state index in [4.69, 9.17) is 14.4 Å². The summed E-state index contributed by atoms with van der Waals surface area (Å²) in [6.07, 6.45) is 0. The van der Waals surface area contributed by atoms with Crippen LogP contribution >= 0.6 is 0 Å². The molecule has 0 aliphatic carbocycles. The predicted octanol–water partition coefficient (Wildman–Crippen LogP) is 18.6. The number of nitriles is 1. The quantitative estimate of drug-likeness (QED) is 0.172. The minimum absolute atomic E-state index is 0.0796. The van der Waals surface area contributed by atoms with Crippen molar-refractivity contribution in [1.29, 1.82) is 5.26 Å². The molecular formula is C69H63N5O. The number of aromatic nitrogens is 4. The van der Waals surface area contributed by atoms with E-state index in [-0.39, 0.29) is 21.7 Å². The van der Waals surface area contributed by atoms with Crippen LogP contribution in [-0.4, -0.2) is 19.1 Å². The van der Waals surface area contributed by atoms with Crippen molar-refractivity contribution in [3.63, 3.8) is 0 Å². The van der Waals surface area contributed by atoms with E-state index < -0.39 is 0 Å². The van der Waals surface area contributed by atoms with Gasteiger partial charge in [-0.3, -0.25) is 0 Å². The first-order valence-corrected chi connectivity index (χ1v) is 26.3. The fourth-order valence-electron chi connectivity index (χ4n) is 11.1. The Morgan fingerprint density at radius 1 is 0.427 bits per heavy atom. The second kappa shape index (κ2) is 16.9. The van der Waals surface area contributed by atoms with Gasteiger partial charge in [-0.2, -0.15) is 5.26 Å². The van der Waals surface area contributed by atoms with Crippen LogP contribution in [0.25, 0.3) is 111 Å². The number of fused-ring (bicyclic) bond motifs is 9. The Morgan fingerprint density at radius 3 is 1.32 bits per heavy atom. The summed E-state index contributed by atoms with van der Waals surface area (Å²) in [5.74, 6) is 0.625. The molecule has 4 aromatic heterocycles. The van der Waals surface area contributed by atoms with Gasteiger partial charge in [0, 0.05) is 49.7 Å². The maximum absolute atomic E-state index is 12.1. The molecule has 0 N–H and O–H groups in total. The van der Waals surface area contributed by atoms with E-state index in [9.17, 15) is 5.26 Å². The van der Waals surface area contributed by atoms with E-state index in [0.717, 1.165) is 93.8 Å². The third kappa shape index (κ3) is 7.91. The van der Waals surface area contributed by atoms with E-state index in [0.29, 0.717) is 22.6 Å². The summed E-state index contributed by atoms with van der Waals surface area (Å²) in [5.41, 5.74) is 16.5. The first-order chi connectivity index (χ1) is 35.7. The first-order valence-electron chi connectivity index (χ1n) is 26.3. The van der Waals surface area contributed by atoms with Crippen molar-refractivity contribution in [3.05, 3.63) is 192 Å². The van der Waals surface area contributed by atoms with Gasteiger partial charge in [-0.1, -0.05) is 180 Å². The third-order valence-electron chi connectivity index (χ3n) is 15.4. The van der Waals surface area contributed by atoms with Gasteiger partial charge in [-0.15, -0.1) is 0 Å². The van der Waals surface area contributed by atoms with Crippen LogP contribution < -0.4 is 0 Å². The van der Waals surface area contributed by atoms with Crippen LogP contribution in [0.15, 0.2) is 168 Å². The van der Waals surface area contributed by atoms with Gasteiger partial charge >= 0.3 is 0 Å². The van der Waals surface area contributed by atoms with Crippen molar-refractivity contribution >= 4 is 65.6 Å². The summed E-state index contributed by atoms with van der Waals surface area (Å²) in [7, 11) is 0. The average Bonchev–Trinajstić information content (AvgIpc) is 4.07. The van der Waals surface area contributed by atoms with Crippen LogP contribution in [0.2, 0.25) is 0 Å². The molecule has 0 fully saturated rings. The zero-order chi connectivity index (χ0) is 52.5. The number of hydrogen-bond donors (Lipinski definition) is 0. The van der Waals surface area contributed by atoms with Crippen LogP contribution in [0.4, 0.5) is 0 Å². The molecule has 0 unspecified atom stereocenters. The molecule has 0 bridgehead atoms. The van der Waals surface area contributed by atoms with Gasteiger partial charge in [0.05, 0.1) is 50.2 Å². The number of hydrogen-bond acceptors (Lipinski definition) is 4. The van der Waals surface area contributed by atoms with E-state index >= 15 is 0 Å². The molecule has 8 aromatic carbocycles. The normalized spacial score (nSPS) is 12.8. The predicted molar refractivity (Wildman–Crippen MR) is 314 cm³/mol. The zero-order valence-corrected chi connectivity index (χ0v) is 45.2. The number of para-hydroxylation sites is 1. The highest BCUT2D eigenvalue weighted by Crippen LogP contribution is 2.48. The van der Waals surface area contributed by atoms with Crippen molar-refractivity contribution in [2.75, 3.05) is 0 Å². The van der Waals surface area contributed by atoms with E-state index in [1.165, 1.54) is 22.3 Å². The highest BCUT2D eigenvalue weighted by molar-refractivity contribution is 6.19. The molecule has 0 aliphatic rings. The molecule has 0 atom stereocenters. The van der Waals surface area contributed by atoms with Crippen molar-refractivity contribution in [1.82, 2.24) is 19.1 Å². The van der Waals surface area contributed by atoms with Gasteiger partial charge < -0.3 is 13.6 Å². The van der Waals surface area contributed by atoms with Crippen molar-refractivity contribution in [3.8, 4) is 51.3 Å². The van der Waals surface area contributed by atoms with E-state index in [2.05, 4.69) is 226 Å².